The van der Waals surface area contributed by atoms with Crippen LogP contribution in [0.5, 0.6) is 0 Å². The maximum absolute atomic E-state index is 11.2. The Hall–Kier alpha value is -1.39. The lowest BCUT2D eigenvalue weighted by molar-refractivity contribution is -0.119. The quantitative estimate of drug-likeness (QED) is 0.729. The number of aliphatic hydroxyl groups excluding tert-OH is 1. The van der Waals surface area contributed by atoms with Gasteiger partial charge in [-0.1, -0.05) is 31.2 Å². The van der Waals surface area contributed by atoms with E-state index in [2.05, 4.69) is 35.8 Å². The number of hydrogen-bond acceptors (Lipinski definition) is 3. The van der Waals surface area contributed by atoms with Gasteiger partial charge in [0.2, 0.25) is 5.91 Å². The molecule has 1 aromatic carbocycles. The lowest BCUT2D eigenvalue weighted by Gasteiger charge is -2.30. The molecule has 3 N–H and O–H groups in total. The van der Waals surface area contributed by atoms with Crippen LogP contribution in [0.3, 0.4) is 0 Å². The maximum Gasteiger partial charge on any atom is 0.217 e. The highest BCUT2D eigenvalue weighted by atomic mass is 16.3. The van der Waals surface area contributed by atoms with E-state index >= 15 is 0 Å². The van der Waals surface area contributed by atoms with Crippen LogP contribution in [0, 0.1) is 5.92 Å². The van der Waals surface area contributed by atoms with Gasteiger partial charge in [-0.15, -0.1) is 0 Å². The number of carbonyl (C=O) groups excluding carboxylic acids is 1. The molecule has 1 amide bonds. The topological polar surface area (TPSA) is 61.4 Å². The van der Waals surface area contributed by atoms with Gasteiger partial charge in [-0.05, 0) is 68.4 Å². The van der Waals surface area contributed by atoms with E-state index in [1.165, 1.54) is 24.8 Å². The number of amides is 1. The van der Waals surface area contributed by atoms with Gasteiger partial charge >= 0.3 is 0 Å². The van der Waals surface area contributed by atoms with Gasteiger partial charge in [-0.2, -0.15) is 0 Å². The summed E-state index contributed by atoms with van der Waals surface area (Å²) in [5.41, 5.74) is 2.32. The van der Waals surface area contributed by atoms with Gasteiger partial charge in [-0.25, -0.2) is 0 Å². The zero-order valence-corrected chi connectivity index (χ0v) is 16.2. The molecule has 1 aliphatic carbocycles. The van der Waals surface area contributed by atoms with Gasteiger partial charge in [0.15, 0.2) is 0 Å². The Morgan fingerprint density at radius 2 is 2.00 bits per heavy atom. The van der Waals surface area contributed by atoms with E-state index < -0.39 is 6.10 Å². The van der Waals surface area contributed by atoms with E-state index in [9.17, 15) is 9.90 Å². The summed E-state index contributed by atoms with van der Waals surface area (Å²) in [7, 11) is 0. The molecule has 2 aliphatic rings. The van der Waals surface area contributed by atoms with E-state index in [1.807, 2.05) is 6.07 Å². The van der Waals surface area contributed by atoms with Crippen molar-refractivity contribution in [1.82, 2.24) is 10.6 Å². The first-order valence-corrected chi connectivity index (χ1v) is 10.3. The van der Waals surface area contributed by atoms with Gasteiger partial charge in [-0.3, -0.25) is 4.79 Å². The zero-order valence-electron chi connectivity index (χ0n) is 16.2. The van der Waals surface area contributed by atoms with Crippen LogP contribution in [0.1, 0.15) is 76.0 Å². The molecule has 1 aromatic rings. The molecule has 3 rings (SSSR count). The highest BCUT2D eigenvalue weighted by Gasteiger charge is 2.32. The predicted molar refractivity (Wildman–Crippen MR) is 105 cm³/mol. The van der Waals surface area contributed by atoms with Crippen LogP contribution in [0.4, 0.5) is 0 Å². The first-order valence-electron chi connectivity index (χ1n) is 10.3. The maximum atomic E-state index is 11.2. The van der Waals surface area contributed by atoms with Crippen molar-refractivity contribution in [2.24, 2.45) is 5.92 Å². The molecule has 4 heteroatoms. The molecule has 2 fully saturated rings. The fourth-order valence-electron chi connectivity index (χ4n) is 4.75. The van der Waals surface area contributed by atoms with Gasteiger partial charge < -0.3 is 15.7 Å². The highest BCUT2D eigenvalue weighted by Crippen LogP contribution is 2.33. The van der Waals surface area contributed by atoms with Crippen molar-refractivity contribution in [2.45, 2.75) is 89.4 Å². The Kier molecular flexibility index (Phi) is 6.71. The van der Waals surface area contributed by atoms with Crippen LogP contribution < -0.4 is 10.6 Å². The van der Waals surface area contributed by atoms with Crippen LogP contribution in [0.25, 0.3) is 0 Å². The number of rotatable bonds is 6. The minimum absolute atomic E-state index is 0.0925. The van der Waals surface area contributed by atoms with E-state index in [4.69, 9.17) is 0 Å². The minimum atomic E-state index is -0.415. The molecule has 144 valence electrons. The molecule has 1 saturated heterocycles. The Morgan fingerprint density at radius 1 is 1.23 bits per heavy atom. The number of aliphatic hydroxyl groups is 1. The highest BCUT2D eigenvalue weighted by molar-refractivity contribution is 5.73. The molecule has 0 bridgehead atoms. The van der Waals surface area contributed by atoms with E-state index in [0.29, 0.717) is 12.1 Å². The number of carbonyl (C=O) groups is 1. The van der Waals surface area contributed by atoms with Crippen molar-refractivity contribution in [3.8, 4) is 0 Å². The van der Waals surface area contributed by atoms with Crippen molar-refractivity contribution in [1.29, 1.82) is 0 Å². The molecule has 1 saturated carbocycles. The summed E-state index contributed by atoms with van der Waals surface area (Å²) in [5, 5.41) is 17.5. The summed E-state index contributed by atoms with van der Waals surface area (Å²) in [6, 6.07) is 9.43. The van der Waals surface area contributed by atoms with Crippen molar-refractivity contribution in [3.63, 3.8) is 0 Å². The first-order chi connectivity index (χ1) is 12.5. The molecule has 4 nitrogen and oxygen atoms in total. The van der Waals surface area contributed by atoms with Gasteiger partial charge in [0.05, 0.1) is 6.10 Å². The van der Waals surface area contributed by atoms with Crippen molar-refractivity contribution in [3.05, 3.63) is 35.4 Å². The SMILES string of the molecule is CCc1cccc([C@@H](O)[C@H]2CC[C@@H](CC3CCC(NC(C)=O)CC3)N2)c1. The normalized spacial score (nSPS) is 30.1. The van der Waals surface area contributed by atoms with Crippen molar-refractivity contribution in [2.75, 3.05) is 0 Å². The summed E-state index contributed by atoms with van der Waals surface area (Å²) in [6.07, 6.45) is 8.60. The summed E-state index contributed by atoms with van der Waals surface area (Å²) < 4.78 is 0. The molecule has 0 radical (unpaired) electrons. The second-order valence-corrected chi connectivity index (χ2v) is 8.24. The molecular formula is C22H34N2O2. The van der Waals surface area contributed by atoms with Crippen molar-refractivity contribution >= 4 is 5.91 Å². The molecule has 0 unspecified atom stereocenters. The second kappa shape index (κ2) is 9.01. The van der Waals surface area contributed by atoms with Crippen LogP contribution in [0.15, 0.2) is 24.3 Å². The summed E-state index contributed by atoms with van der Waals surface area (Å²) in [6.45, 7) is 3.76. The van der Waals surface area contributed by atoms with Crippen molar-refractivity contribution < 1.29 is 9.90 Å². The lowest BCUT2D eigenvalue weighted by atomic mass is 9.82. The molecule has 0 spiro atoms. The molecular weight excluding hydrogens is 324 g/mol. The monoisotopic (exact) mass is 358 g/mol. The van der Waals surface area contributed by atoms with Gasteiger partial charge in [0, 0.05) is 25.0 Å². The number of benzene rings is 1. The molecule has 1 aliphatic heterocycles. The third-order valence-corrected chi connectivity index (χ3v) is 6.23. The smallest absolute Gasteiger partial charge is 0.217 e. The number of nitrogens with one attached hydrogen (secondary N) is 2. The van der Waals surface area contributed by atoms with Gasteiger partial charge in [0.1, 0.15) is 0 Å². The predicted octanol–water partition coefficient (Wildman–Crippen LogP) is 3.49. The Bertz CT molecular complexity index is 596. The summed E-state index contributed by atoms with van der Waals surface area (Å²) in [5.74, 6) is 0.840. The summed E-state index contributed by atoms with van der Waals surface area (Å²) >= 11 is 0. The Labute approximate surface area is 157 Å². The first kappa shape index (κ1) is 19.4. The largest absolute Gasteiger partial charge is 0.387 e. The van der Waals surface area contributed by atoms with Gasteiger partial charge in [0.25, 0.3) is 0 Å². The van der Waals surface area contributed by atoms with E-state index in [0.717, 1.165) is 43.6 Å². The number of aryl methyl sites for hydroxylation is 1. The molecule has 26 heavy (non-hydrogen) atoms. The van der Waals surface area contributed by atoms with Crippen LogP contribution in [0.2, 0.25) is 0 Å². The Balaban J connectivity index is 1.46. The van der Waals surface area contributed by atoms with Crippen LogP contribution in [-0.2, 0) is 11.2 Å². The number of hydrogen-bond donors (Lipinski definition) is 3. The van der Waals surface area contributed by atoms with E-state index in [-0.39, 0.29) is 11.9 Å². The average molecular weight is 359 g/mol. The second-order valence-electron chi connectivity index (χ2n) is 8.24. The summed E-state index contributed by atoms with van der Waals surface area (Å²) in [4.78, 5) is 11.2. The van der Waals surface area contributed by atoms with E-state index in [1.54, 1.807) is 6.92 Å². The molecule has 0 aromatic heterocycles. The third-order valence-electron chi connectivity index (χ3n) is 6.23. The standard InChI is InChI=1S/C22H34N2O2/c1-3-16-5-4-6-18(13-16)22(26)21-12-11-20(24-21)14-17-7-9-19(10-8-17)23-15(2)25/h4-6,13,17,19-22,24,26H,3,7-12,14H2,1-2H3,(H,23,25)/t17?,19?,20-,21+,22+/m0/s1. The van der Waals surface area contributed by atoms with Crippen LogP contribution >= 0.6 is 0 Å². The minimum Gasteiger partial charge on any atom is -0.387 e. The lowest BCUT2D eigenvalue weighted by Crippen LogP contribution is -2.38. The fourth-order valence-corrected chi connectivity index (χ4v) is 4.75. The molecule has 3 atom stereocenters. The Morgan fingerprint density at radius 3 is 2.69 bits per heavy atom. The van der Waals surface area contributed by atoms with Crippen LogP contribution in [-0.4, -0.2) is 29.1 Å². The molecule has 1 heterocycles. The average Bonchev–Trinajstić information content (AvgIpc) is 3.11. The third kappa shape index (κ3) is 5.08. The fraction of sp³-hybridized carbons (Fsp3) is 0.682. The zero-order chi connectivity index (χ0) is 18.5.